The van der Waals surface area contributed by atoms with Crippen LogP contribution in [0.3, 0.4) is 0 Å². The summed E-state index contributed by atoms with van der Waals surface area (Å²) in [4.78, 5) is 0. The van der Waals surface area contributed by atoms with Crippen molar-refractivity contribution < 1.29 is 28.5 Å². The van der Waals surface area contributed by atoms with Crippen LogP contribution in [0.1, 0.15) is 5.56 Å². The number of hydrogen-bond donors (Lipinski definition) is 0. The Balaban J connectivity index is 0.00000120. The number of rotatable bonds is 1. The van der Waals surface area contributed by atoms with Crippen LogP contribution in [0.4, 0.5) is 0 Å². The SMILES string of the molecule is Cc1ccccc1-n1c[n+](C)c2ccccc21.[I-]. The molecular formula is C15H15IN2. The van der Waals surface area contributed by atoms with Crippen LogP contribution in [0.2, 0.25) is 0 Å². The highest BCUT2D eigenvalue weighted by molar-refractivity contribution is 5.74. The number of aryl methyl sites for hydroxylation is 2. The Bertz CT molecular complexity index is 686. The van der Waals surface area contributed by atoms with E-state index in [4.69, 9.17) is 0 Å². The van der Waals surface area contributed by atoms with Crippen molar-refractivity contribution in [1.82, 2.24) is 4.57 Å². The van der Waals surface area contributed by atoms with Gasteiger partial charge < -0.3 is 24.0 Å². The molecule has 0 spiro atoms. The lowest BCUT2D eigenvalue weighted by Crippen LogP contribution is -3.00. The van der Waals surface area contributed by atoms with E-state index >= 15 is 0 Å². The molecule has 0 radical (unpaired) electrons. The van der Waals surface area contributed by atoms with E-state index in [0.717, 1.165) is 0 Å². The van der Waals surface area contributed by atoms with Crippen LogP contribution >= 0.6 is 0 Å². The number of para-hydroxylation sites is 3. The van der Waals surface area contributed by atoms with Crippen molar-refractivity contribution in [1.29, 1.82) is 0 Å². The molecule has 0 aliphatic rings. The van der Waals surface area contributed by atoms with E-state index in [2.05, 4.69) is 78.0 Å². The van der Waals surface area contributed by atoms with Crippen molar-refractivity contribution in [2.75, 3.05) is 0 Å². The summed E-state index contributed by atoms with van der Waals surface area (Å²) in [6.07, 6.45) is 2.13. The summed E-state index contributed by atoms with van der Waals surface area (Å²) in [7, 11) is 2.08. The van der Waals surface area contributed by atoms with E-state index in [1.165, 1.54) is 22.3 Å². The Morgan fingerprint density at radius 1 is 0.944 bits per heavy atom. The number of benzene rings is 2. The third-order valence-corrected chi connectivity index (χ3v) is 3.18. The highest BCUT2D eigenvalue weighted by Gasteiger charge is 2.15. The molecule has 0 aliphatic carbocycles. The molecule has 2 nitrogen and oxygen atoms in total. The van der Waals surface area contributed by atoms with Crippen LogP contribution in [-0.4, -0.2) is 4.57 Å². The first kappa shape index (κ1) is 13.1. The number of aromatic nitrogens is 2. The van der Waals surface area contributed by atoms with Crippen molar-refractivity contribution in [3.8, 4) is 5.69 Å². The van der Waals surface area contributed by atoms with Gasteiger partial charge in [-0.25, -0.2) is 4.57 Å². The molecule has 3 heteroatoms. The molecule has 0 atom stereocenters. The molecule has 0 amide bonds. The molecule has 2 aromatic carbocycles. The molecule has 0 bridgehead atoms. The van der Waals surface area contributed by atoms with Gasteiger partial charge in [-0.05, 0) is 30.7 Å². The zero-order chi connectivity index (χ0) is 11.8. The summed E-state index contributed by atoms with van der Waals surface area (Å²) < 4.78 is 4.40. The van der Waals surface area contributed by atoms with Crippen LogP contribution in [0.5, 0.6) is 0 Å². The summed E-state index contributed by atoms with van der Waals surface area (Å²) in [5.74, 6) is 0. The standard InChI is InChI=1S/C15H15N2.HI/c1-12-7-3-4-8-13(12)17-11-16(2)14-9-5-6-10-15(14)17;/h3-11H,1-2H3;1H/q+1;/p-1. The number of hydrogen-bond acceptors (Lipinski definition) is 0. The highest BCUT2D eigenvalue weighted by atomic mass is 127. The molecule has 3 aromatic rings. The normalized spacial score (nSPS) is 10.3. The second-order valence-corrected chi connectivity index (χ2v) is 4.37. The fourth-order valence-electron chi connectivity index (χ4n) is 2.29. The predicted molar refractivity (Wildman–Crippen MR) is 69.2 cm³/mol. The van der Waals surface area contributed by atoms with Crippen molar-refractivity contribution >= 4 is 11.0 Å². The third kappa shape index (κ3) is 2.03. The van der Waals surface area contributed by atoms with E-state index in [1.807, 2.05) is 0 Å². The summed E-state index contributed by atoms with van der Waals surface area (Å²) in [6.45, 7) is 2.14. The zero-order valence-electron chi connectivity index (χ0n) is 10.5. The largest absolute Gasteiger partial charge is 1.00 e. The van der Waals surface area contributed by atoms with Crippen LogP contribution in [0.15, 0.2) is 54.9 Å². The average molecular weight is 350 g/mol. The second kappa shape index (κ2) is 5.10. The number of halogens is 1. The topological polar surface area (TPSA) is 8.81 Å². The maximum Gasteiger partial charge on any atom is 0.249 e. The molecule has 0 N–H and O–H groups in total. The smallest absolute Gasteiger partial charge is 0.249 e. The first-order chi connectivity index (χ1) is 8.27. The van der Waals surface area contributed by atoms with Gasteiger partial charge in [0.05, 0.1) is 7.05 Å². The van der Waals surface area contributed by atoms with Crippen LogP contribution < -0.4 is 28.5 Å². The van der Waals surface area contributed by atoms with Crippen molar-refractivity contribution in [2.24, 2.45) is 7.05 Å². The summed E-state index contributed by atoms with van der Waals surface area (Å²) >= 11 is 0. The van der Waals surface area contributed by atoms with Gasteiger partial charge in [-0.2, -0.15) is 4.57 Å². The van der Waals surface area contributed by atoms with Crippen LogP contribution in [0.25, 0.3) is 16.7 Å². The van der Waals surface area contributed by atoms with Gasteiger partial charge in [0.1, 0.15) is 5.69 Å². The van der Waals surface area contributed by atoms with E-state index in [9.17, 15) is 0 Å². The molecule has 3 rings (SSSR count). The number of imidazole rings is 1. The van der Waals surface area contributed by atoms with Gasteiger partial charge >= 0.3 is 0 Å². The van der Waals surface area contributed by atoms with Crippen LogP contribution in [-0.2, 0) is 7.05 Å². The van der Waals surface area contributed by atoms with E-state index < -0.39 is 0 Å². The average Bonchev–Trinajstić information content (AvgIpc) is 2.68. The maximum atomic E-state index is 2.24. The Labute approximate surface area is 124 Å². The summed E-state index contributed by atoms with van der Waals surface area (Å²) in [5.41, 5.74) is 5.01. The lowest BCUT2D eigenvalue weighted by molar-refractivity contribution is -0.645. The minimum absolute atomic E-state index is 0. The van der Waals surface area contributed by atoms with Gasteiger partial charge in [0.2, 0.25) is 6.33 Å². The second-order valence-electron chi connectivity index (χ2n) is 4.37. The first-order valence-corrected chi connectivity index (χ1v) is 5.79. The van der Waals surface area contributed by atoms with E-state index in [1.54, 1.807) is 0 Å². The molecular weight excluding hydrogens is 335 g/mol. The fourth-order valence-corrected chi connectivity index (χ4v) is 2.29. The molecule has 92 valence electrons. The molecule has 1 heterocycles. The van der Waals surface area contributed by atoms with Gasteiger partial charge in [0.15, 0.2) is 11.0 Å². The zero-order valence-corrected chi connectivity index (χ0v) is 12.6. The highest BCUT2D eigenvalue weighted by Crippen LogP contribution is 2.19. The van der Waals surface area contributed by atoms with Crippen molar-refractivity contribution in [3.63, 3.8) is 0 Å². The quantitative estimate of drug-likeness (QED) is 0.424. The Kier molecular flexibility index (Phi) is 3.71. The van der Waals surface area contributed by atoms with Crippen LogP contribution in [0, 0.1) is 6.92 Å². The minimum Gasteiger partial charge on any atom is -1.00 e. The molecule has 0 fully saturated rings. The van der Waals surface area contributed by atoms with Crippen molar-refractivity contribution in [3.05, 3.63) is 60.4 Å². The Morgan fingerprint density at radius 3 is 2.39 bits per heavy atom. The fraction of sp³-hybridized carbons (Fsp3) is 0.133. The lowest BCUT2D eigenvalue weighted by Gasteiger charge is -2.00. The van der Waals surface area contributed by atoms with Gasteiger partial charge in [-0.1, -0.05) is 30.3 Å². The summed E-state index contributed by atoms with van der Waals surface area (Å²) in [6, 6.07) is 16.9. The number of nitrogens with zero attached hydrogens (tertiary/aromatic N) is 2. The van der Waals surface area contributed by atoms with Gasteiger partial charge in [0.25, 0.3) is 0 Å². The maximum absolute atomic E-state index is 2.24. The van der Waals surface area contributed by atoms with Gasteiger partial charge in [-0.15, -0.1) is 0 Å². The van der Waals surface area contributed by atoms with E-state index in [-0.39, 0.29) is 24.0 Å². The van der Waals surface area contributed by atoms with Crippen molar-refractivity contribution in [2.45, 2.75) is 6.92 Å². The minimum atomic E-state index is 0. The Morgan fingerprint density at radius 2 is 1.61 bits per heavy atom. The molecule has 0 aliphatic heterocycles. The molecule has 18 heavy (non-hydrogen) atoms. The number of fused-ring (bicyclic) bond motifs is 1. The Hall–Kier alpha value is -1.36. The lowest BCUT2D eigenvalue weighted by atomic mass is 10.2. The summed E-state index contributed by atoms with van der Waals surface area (Å²) in [5, 5.41) is 0. The van der Waals surface area contributed by atoms with E-state index in [0.29, 0.717) is 0 Å². The monoisotopic (exact) mass is 350 g/mol. The molecule has 0 saturated heterocycles. The first-order valence-electron chi connectivity index (χ1n) is 5.79. The molecule has 1 aromatic heterocycles. The molecule has 0 saturated carbocycles. The van der Waals surface area contributed by atoms with Gasteiger partial charge in [0, 0.05) is 0 Å². The van der Waals surface area contributed by atoms with Gasteiger partial charge in [-0.3, -0.25) is 0 Å². The predicted octanol–water partition coefficient (Wildman–Crippen LogP) is -0.233. The third-order valence-electron chi connectivity index (χ3n) is 3.18. The molecule has 0 unspecified atom stereocenters.